The summed E-state index contributed by atoms with van der Waals surface area (Å²) in [4.78, 5) is 27.2. The Morgan fingerprint density at radius 3 is 2.54 bits per heavy atom. The first-order chi connectivity index (χ1) is 17.0. The first kappa shape index (κ1) is 23.3. The van der Waals surface area contributed by atoms with Gasteiger partial charge in [-0.05, 0) is 30.3 Å². The van der Waals surface area contributed by atoms with Crippen LogP contribution in [0.4, 0.5) is 5.69 Å². The molecule has 1 aliphatic heterocycles. The molecular weight excluding hydrogens is 466 g/mol. The highest BCUT2D eigenvalue weighted by atomic mass is 32.2. The van der Waals surface area contributed by atoms with Crippen LogP contribution >= 0.6 is 11.8 Å². The summed E-state index contributed by atoms with van der Waals surface area (Å²) in [6.07, 6.45) is 0. The highest BCUT2D eigenvalue weighted by molar-refractivity contribution is 7.99. The van der Waals surface area contributed by atoms with E-state index in [2.05, 4.69) is 20.4 Å². The van der Waals surface area contributed by atoms with Crippen molar-refractivity contribution in [2.45, 2.75) is 11.7 Å². The predicted molar refractivity (Wildman–Crippen MR) is 135 cm³/mol. The number of para-hydroxylation sites is 1. The maximum Gasteiger partial charge on any atom is 0.328 e. The zero-order chi connectivity index (χ0) is 24.4. The zero-order valence-corrected chi connectivity index (χ0v) is 20.5. The summed E-state index contributed by atoms with van der Waals surface area (Å²) in [5.41, 5.74) is 3.07. The molecule has 0 unspecified atom stereocenters. The van der Waals surface area contributed by atoms with E-state index in [0.717, 1.165) is 35.6 Å². The van der Waals surface area contributed by atoms with Gasteiger partial charge in [0.15, 0.2) is 11.0 Å². The number of imidazole rings is 1. The second-order valence-electron chi connectivity index (χ2n) is 8.40. The molecule has 0 saturated carbocycles. The maximum absolute atomic E-state index is 12.8. The summed E-state index contributed by atoms with van der Waals surface area (Å²) in [6, 6.07) is 15.4. The Labute approximate surface area is 206 Å². The van der Waals surface area contributed by atoms with Crippen LogP contribution in [0.2, 0.25) is 0 Å². The molecular formula is C24H27N7O3S. The molecule has 2 aromatic carbocycles. The molecule has 1 saturated heterocycles. The summed E-state index contributed by atoms with van der Waals surface area (Å²) >= 11 is 1.34. The fourth-order valence-electron chi connectivity index (χ4n) is 4.20. The van der Waals surface area contributed by atoms with Crippen molar-refractivity contribution >= 4 is 34.4 Å². The van der Waals surface area contributed by atoms with Gasteiger partial charge in [0, 0.05) is 38.6 Å². The molecule has 1 amide bonds. The Balaban J connectivity index is 1.31. The molecule has 182 valence electrons. The van der Waals surface area contributed by atoms with Crippen LogP contribution in [0.1, 0.15) is 5.82 Å². The number of aryl methyl sites for hydroxylation is 2. The van der Waals surface area contributed by atoms with E-state index in [9.17, 15) is 9.59 Å². The van der Waals surface area contributed by atoms with Gasteiger partial charge in [0.2, 0.25) is 5.91 Å². The van der Waals surface area contributed by atoms with Gasteiger partial charge in [0.1, 0.15) is 0 Å². The van der Waals surface area contributed by atoms with E-state index in [1.165, 1.54) is 11.8 Å². The van der Waals surface area contributed by atoms with Gasteiger partial charge in [-0.1, -0.05) is 30.0 Å². The Morgan fingerprint density at radius 2 is 1.77 bits per heavy atom. The Bertz CT molecular complexity index is 1400. The standard InChI is InChI=1S/C24H27N7O3S/c1-28-19-9-8-17(14-20(19)29(2)24(28)33)25-22(32)16-35-23-27-26-21(15-30-10-12-34-13-11-30)31(23)18-6-4-3-5-7-18/h3-9,14H,10-13,15-16H2,1-2H3,(H,25,32). The summed E-state index contributed by atoms with van der Waals surface area (Å²) in [7, 11) is 3.45. The van der Waals surface area contributed by atoms with Gasteiger partial charge in [-0.3, -0.25) is 23.4 Å². The lowest BCUT2D eigenvalue weighted by Crippen LogP contribution is -2.36. The number of thioether (sulfide) groups is 1. The minimum absolute atomic E-state index is 0.104. The SMILES string of the molecule is Cn1c(=O)n(C)c2cc(NC(=O)CSc3nnc(CN4CCOCC4)n3-c3ccccc3)ccc21. The van der Waals surface area contributed by atoms with Gasteiger partial charge in [0.05, 0.1) is 36.5 Å². The average Bonchev–Trinajstić information content (AvgIpc) is 3.38. The fraction of sp³-hybridized carbons (Fsp3) is 0.333. The van der Waals surface area contributed by atoms with Crippen molar-refractivity contribution in [1.29, 1.82) is 0 Å². The number of benzene rings is 2. The smallest absolute Gasteiger partial charge is 0.328 e. The first-order valence-corrected chi connectivity index (χ1v) is 12.4. The van der Waals surface area contributed by atoms with Crippen LogP contribution in [0.3, 0.4) is 0 Å². The first-order valence-electron chi connectivity index (χ1n) is 11.4. The second-order valence-corrected chi connectivity index (χ2v) is 9.34. The minimum Gasteiger partial charge on any atom is -0.379 e. The Morgan fingerprint density at radius 1 is 1.03 bits per heavy atom. The second kappa shape index (κ2) is 10.1. The molecule has 35 heavy (non-hydrogen) atoms. The zero-order valence-electron chi connectivity index (χ0n) is 19.7. The van der Waals surface area contributed by atoms with Crippen molar-refractivity contribution < 1.29 is 9.53 Å². The molecule has 1 fully saturated rings. The molecule has 0 aliphatic carbocycles. The minimum atomic E-state index is -0.160. The maximum atomic E-state index is 12.8. The molecule has 5 rings (SSSR count). The summed E-state index contributed by atoms with van der Waals surface area (Å²) < 4.78 is 10.6. The van der Waals surface area contributed by atoms with Crippen LogP contribution in [0.15, 0.2) is 58.5 Å². The number of nitrogens with one attached hydrogen (secondary N) is 1. The average molecular weight is 494 g/mol. The van der Waals surface area contributed by atoms with Crippen molar-refractivity contribution in [3.63, 3.8) is 0 Å². The molecule has 3 heterocycles. The van der Waals surface area contributed by atoms with E-state index < -0.39 is 0 Å². The van der Waals surface area contributed by atoms with Crippen LogP contribution in [0.25, 0.3) is 16.7 Å². The number of nitrogens with zero attached hydrogens (tertiary/aromatic N) is 6. The van der Waals surface area contributed by atoms with Crippen molar-refractivity contribution in [3.05, 3.63) is 64.8 Å². The number of rotatable bonds is 7. The molecule has 1 aliphatic rings. The number of amides is 1. The monoisotopic (exact) mass is 493 g/mol. The van der Waals surface area contributed by atoms with Crippen molar-refractivity contribution in [2.75, 3.05) is 37.4 Å². The number of fused-ring (bicyclic) bond motifs is 1. The van der Waals surface area contributed by atoms with Crippen LogP contribution in [-0.4, -0.2) is 66.8 Å². The molecule has 11 heteroatoms. The molecule has 1 N–H and O–H groups in total. The van der Waals surface area contributed by atoms with E-state index >= 15 is 0 Å². The van der Waals surface area contributed by atoms with Gasteiger partial charge in [-0.25, -0.2) is 4.79 Å². The quantitative estimate of drug-likeness (QED) is 0.393. The number of aromatic nitrogens is 5. The highest BCUT2D eigenvalue weighted by Gasteiger charge is 2.20. The van der Waals surface area contributed by atoms with E-state index in [4.69, 9.17) is 4.74 Å². The van der Waals surface area contributed by atoms with Gasteiger partial charge < -0.3 is 10.1 Å². The Hall–Kier alpha value is -3.41. The lowest BCUT2D eigenvalue weighted by Gasteiger charge is -2.26. The number of hydrogen-bond donors (Lipinski definition) is 1. The molecule has 0 bridgehead atoms. The third kappa shape index (κ3) is 4.88. The van der Waals surface area contributed by atoms with Crippen LogP contribution in [0.5, 0.6) is 0 Å². The van der Waals surface area contributed by atoms with Crippen LogP contribution in [-0.2, 0) is 30.2 Å². The molecule has 10 nitrogen and oxygen atoms in total. The topological polar surface area (TPSA) is 99.2 Å². The third-order valence-electron chi connectivity index (χ3n) is 6.07. The van der Waals surface area contributed by atoms with E-state index in [1.807, 2.05) is 47.0 Å². The number of anilines is 1. The number of morpholine rings is 1. The number of ether oxygens (including phenoxy) is 1. The molecule has 4 aromatic rings. The van der Waals surface area contributed by atoms with Gasteiger partial charge in [0.25, 0.3) is 0 Å². The summed E-state index contributed by atoms with van der Waals surface area (Å²) in [5, 5.41) is 12.4. The third-order valence-corrected chi connectivity index (χ3v) is 7.00. The van der Waals surface area contributed by atoms with E-state index in [-0.39, 0.29) is 17.3 Å². The van der Waals surface area contributed by atoms with E-state index in [0.29, 0.717) is 30.6 Å². The molecule has 2 aromatic heterocycles. The van der Waals surface area contributed by atoms with Gasteiger partial charge in [-0.15, -0.1) is 10.2 Å². The van der Waals surface area contributed by atoms with Gasteiger partial charge >= 0.3 is 5.69 Å². The normalized spacial score (nSPS) is 14.5. The predicted octanol–water partition coefficient (Wildman–Crippen LogP) is 2.02. The van der Waals surface area contributed by atoms with E-state index in [1.54, 1.807) is 29.3 Å². The van der Waals surface area contributed by atoms with Crippen LogP contribution < -0.4 is 11.0 Å². The molecule has 0 radical (unpaired) electrons. The summed E-state index contributed by atoms with van der Waals surface area (Å²) in [5.74, 6) is 0.845. The summed E-state index contributed by atoms with van der Waals surface area (Å²) in [6.45, 7) is 3.79. The Kier molecular flexibility index (Phi) is 6.71. The van der Waals surface area contributed by atoms with Crippen molar-refractivity contribution in [1.82, 2.24) is 28.8 Å². The van der Waals surface area contributed by atoms with Crippen LogP contribution in [0, 0.1) is 0 Å². The molecule has 0 spiro atoms. The number of hydrogen-bond acceptors (Lipinski definition) is 7. The lowest BCUT2D eigenvalue weighted by molar-refractivity contribution is -0.113. The van der Waals surface area contributed by atoms with Crippen molar-refractivity contribution in [2.24, 2.45) is 14.1 Å². The number of carbonyl (C=O) groups is 1. The largest absolute Gasteiger partial charge is 0.379 e. The lowest BCUT2D eigenvalue weighted by atomic mass is 10.2. The molecule has 0 atom stereocenters. The van der Waals surface area contributed by atoms with Gasteiger partial charge in [-0.2, -0.15) is 0 Å². The van der Waals surface area contributed by atoms with Crippen molar-refractivity contribution in [3.8, 4) is 5.69 Å². The highest BCUT2D eigenvalue weighted by Crippen LogP contribution is 2.24. The number of carbonyl (C=O) groups excluding carboxylic acids is 1. The fourth-order valence-corrected chi connectivity index (χ4v) is 4.97.